The number of nitrogens with one attached hydrogen (secondary N) is 1. The Morgan fingerprint density at radius 1 is 1.57 bits per heavy atom. The van der Waals surface area contributed by atoms with E-state index in [4.69, 9.17) is 0 Å². The van der Waals surface area contributed by atoms with E-state index >= 15 is 0 Å². The Bertz CT molecular complexity index is 27.3. The third-order valence-electron chi connectivity index (χ3n) is 0.595. The number of hydrogen-bond donors (Lipinski definition) is 1. The lowest BCUT2D eigenvalue weighted by Crippen LogP contribution is -2.03. The normalized spacial score (nSPS) is 9.43. The summed E-state index contributed by atoms with van der Waals surface area (Å²) in [6, 6.07) is 0. The van der Waals surface area contributed by atoms with Gasteiger partial charge in [0, 0.05) is 5.88 Å². The Kier molecular flexibility index (Phi) is 6.59. The van der Waals surface area contributed by atoms with Gasteiger partial charge in [0.2, 0.25) is 0 Å². The molecule has 0 aromatic rings. The lowest BCUT2D eigenvalue weighted by molar-refractivity contribution is 0.977. The summed E-state index contributed by atoms with van der Waals surface area (Å²) >= 11 is 1.94. The Labute approximate surface area is 49.9 Å². The monoisotopic (exact) mass is 119 g/mol. The highest BCUT2D eigenvalue weighted by molar-refractivity contribution is 7.99. The van der Waals surface area contributed by atoms with Crippen molar-refractivity contribution in [3.8, 4) is 0 Å². The van der Waals surface area contributed by atoms with Crippen LogP contribution in [0.15, 0.2) is 0 Å². The summed E-state index contributed by atoms with van der Waals surface area (Å²) < 4.78 is 0. The van der Waals surface area contributed by atoms with E-state index in [0.717, 1.165) is 5.88 Å². The second-order valence-electron chi connectivity index (χ2n) is 1.41. The summed E-state index contributed by atoms with van der Waals surface area (Å²) in [6.07, 6.45) is 1.28. The molecule has 0 fully saturated rings. The first-order valence-electron chi connectivity index (χ1n) is 2.64. The molecule has 0 rings (SSSR count). The van der Waals surface area contributed by atoms with E-state index in [0.29, 0.717) is 0 Å². The number of thioether (sulfide) groups is 1. The first-order chi connectivity index (χ1) is 3.41. The zero-order valence-electron chi connectivity index (χ0n) is 5.03. The molecule has 0 amide bonds. The Morgan fingerprint density at radius 2 is 2.29 bits per heavy atom. The van der Waals surface area contributed by atoms with Gasteiger partial charge in [0.1, 0.15) is 0 Å². The Balaban J connectivity index is 2.45. The molecule has 0 aliphatic heterocycles. The van der Waals surface area contributed by atoms with E-state index in [1.807, 2.05) is 18.8 Å². The van der Waals surface area contributed by atoms with Gasteiger partial charge in [-0.05, 0) is 19.2 Å². The van der Waals surface area contributed by atoms with Crippen LogP contribution in [0.5, 0.6) is 0 Å². The molecule has 1 nitrogen and oxygen atoms in total. The van der Waals surface area contributed by atoms with Gasteiger partial charge in [0.05, 0.1) is 0 Å². The standard InChI is InChI=1S/C5H13NS/c1-3-4-7-5-6-2/h6H,3-5H2,1-2H3. The van der Waals surface area contributed by atoms with Gasteiger partial charge < -0.3 is 5.32 Å². The fraction of sp³-hybridized carbons (Fsp3) is 1.00. The summed E-state index contributed by atoms with van der Waals surface area (Å²) in [5.41, 5.74) is 0. The van der Waals surface area contributed by atoms with Gasteiger partial charge in [0.25, 0.3) is 0 Å². The molecule has 0 radical (unpaired) electrons. The minimum Gasteiger partial charge on any atom is -0.311 e. The average Bonchev–Trinajstić information content (AvgIpc) is 1.69. The molecule has 0 atom stereocenters. The van der Waals surface area contributed by atoms with Crippen molar-refractivity contribution in [2.24, 2.45) is 0 Å². The molecule has 0 heterocycles. The minimum atomic E-state index is 1.09. The van der Waals surface area contributed by atoms with Gasteiger partial charge in [-0.15, -0.1) is 11.8 Å². The summed E-state index contributed by atoms with van der Waals surface area (Å²) in [5.74, 6) is 2.37. The molecule has 2 heteroatoms. The van der Waals surface area contributed by atoms with Crippen molar-refractivity contribution in [3.05, 3.63) is 0 Å². The first kappa shape index (κ1) is 7.31. The van der Waals surface area contributed by atoms with Gasteiger partial charge in [-0.1, -0.05) is 6.92 Å². The molecule has 0 saturated heterocycles. The van der Waals surface area contributed by atoms with Crippen LogP contribution in [0.25, 0.3) is 0 Å². The third-order valence-corrected chi connectivity index (χ3v) is 1.78. The molecule has 1 N–H and O–H groups in total. The minimum absolute atomic E-state index is 1.09. The summed E-state index contributed by atoms with van der Waals surface area (Å²) in [4.78, 5) is 0. The summed E-state index contributed by atoms with van der Waals surface area (Å²) in [7, 11) is 1.97. The molecule has 0 aliphatic carbocycles. The molecule has 0 bridgehead atoms. The van der Waals surface area contributed by atoms with Gasteiger partial charge in [0.15, 0.2) is 0 Å². The summed E-state index contributed by atoms with van der Waals surface area (Å²) in [5, 5.41) is 3.07. The van der Waals surface area contributed by atoms with Crippen LogP contribution in [0.2, 0.25) is 0 Å². The average molecular weight is 119 g/mol. The van der Waals surface area contributed by atoms with E-state index in [-0.39, 0.29) is 0 Å². The molecule has 0 aromatic heterocycles. The van der Waals surface area contributed by atoms with Crippen LogP contribution in [-0.4, -0.2) is 18.7 Å². The van der Waals surface area contributed by atoms with Crippen molar-refractivity contribution < 1.29 is 0 Å². The Morgan fingerprint density at radius 3 is 2.71 bits per heavy atom. The van der Waals surface area contributed by atoms with Gasteiger partial charge in [-0.2, -0.15) is 0 Å². The van der Waals surface area contributed by atoms with Crippen molar-refractivity contribution >= 4 is 11.8 Å². The van der Waals surface area contributed by atoms with Crippen LogP contribution in [0.3, 0.4) is 0 Å². The van der Waals surface area contributed by atoms with Gasteiger partial charge in [-0.25, -0.2) is 0 Å². The van der Waals surface area contributed by atoms with Crippen LogP contribution >= 0.6 is 11.8 Å². The SMILES string of the molecule is CCCSCNC. The van der Waals surface area contributed by atoms with Crippen molar-refractivity contribution in [2.75, 3.05) is 18.7 Å². The topological polar surface area (TPSA) is 12.0 Å². The smallest absolute Gasteiger partial charge is 0.0415 e. The van der Waals surface area contributed by atoms with Crippen LogP contribution in [0.4, 0.5) is 0 Å². The maximum absolute atomic E-state index is 3.07. The molecular formula is C5H13NS. The van der Waals surface area contributed by atoms with Crippen LogP contribution in [0, 0.1) is 0 Å². The molecule has 0 saturated carbocycles. The van der Waals surface area contributed by atoms with Crippen molar-refractivity contribution in [1.29, 1.82) is 0 Å². The van der Waals surface area contributed by atoms with Crippen LogP contribution < -0.4 is 5.32 Å². The Hall–Kier alpha value is 0.310. The summed E-state index contributed by atoms with van der Waals surface area (Å²) in [6.45, 7) is 2.20. The molecule has 0 aromatic carbocycles. The quantitative estimate of drug-likeness (QED) is 0.442. The van der Waals surface area contributed by atoms with Gasteiger partial charge >= 0.3 is 0 Å². The van der Waals surface area contributed by atoms with Crippen molar-refractivity contribution in [1.82, 2.24) is 5.32 Å². The fourth-order valence-electron chi connectivity index (χ4n) is 0.319. The zero-order valence-corrected chi connectivity index (χ0v) is 5.85. The molecule has 7 heavy (non-hydrogen) atoms. The van der Waals surface area contributed by atoms with Gasteiger partial charge in [-0.3, -0.25) is 0 Å². The third kappa shape index (κ3) is 6.31. The zero-order chi connectivity index (χ0) is 5.54. The first-order valence-corrected chi connectivity index (χ1v) is 3.79. The molecular weight excluding hydrogens is 106 g/mol. The van der Waals surface area contributed by atoms with E-state index in [9.17, 15) is 0 Å². The molecule has 0 unspecified atom stereocenters. The second-order valence-corrected chi connectivity index (χ2v) is 2.51. The number of hydrogen-bond acceptors (Lipinski definition) is 2. The lowest BCUT2D eigenvalue weighted by Gasteiger charge is -1.93. The van der Waals surface area contributed by atoms with E-state index < -0.39 is 0 Å². The van der Waals surface area contributed by atoms with Crippen LogP contribution in [0.1, 0.15) is 13.3 Å². The fourth-order valence-corrected chi connectivity index (χ4v) is 0.956. The van der Waals surface area contributed by atoms with Crippen LogP contribution in [-0.2, 0) is 0 Å². The van der Waals surface area contributed by atoms with Crippen molar-refractivity contribution in [3.63, 3.8) is 0 Å². The second kappa shape index (κ2) is 6.31. The maximum Gasteiger partial charge on any atom is 0.0415 e. The largest absolute Gasteiger partial charge is 0.311 e. The number of rotatable bonds is 4. The maximum atomic E-state index is 3.07. The van der Waals surface area contributed by atoms with Crippen molar-refractivity contribution in [2.45, 2.75) is 13.3 Å². The molecule has 0 spiro atoms. The van der Waals surface area contributed by atoms with E-state index in [1.54, 1.807) is 0 Å². The van der Waals surface area contributed by atoms with E-state index in [1.165, 1.54) is 12.2 Å². The lowest BCUT2D eigenvalue weighted by atomic mass is 10.6. The highest BCUT2D eigenvalue weighted by atomic mass is 32.2. The highest BCUT2D eigenvalue weighted by Gasteiger charge is 1.78. The highest BCUT2D eigenvalue weighted by Crippen LogP contribution is 1.96. The predicted octanol–water partition coefficient (Wildman–Crippen LogP) is 1.31. The van der Waals surface area contributed by atoms with E-state index in [2.05, 4.69) is 12.2 Å². The molecule has 0 aliphatic rings. The molecule has 44 valence electrons. The predicted molar refractivity (Wildman–Crippen MR) is 36.7 cm³/mol.